The first-order valence-corrected chi connectivity index (χ1v) is 29.0. The van der Waals surface area contributed by atoms with Crippen LogP contribution < -0.4 is 26.2 Å². The average Bonchev–Trinajstić information content (AvgIpc) is 4.13. The number of hydrogen-bond donors (Lipinski definition) is 6. The Morgan fingerprint density at radius 3 is 2.10 bits per heavy atom. The molecule has 2 aromatic carbocycles. The molecule has 0 unspecified atom stereocenters. The van der Waals surface area contributed by atoms with Gasteiger partial charge in [0.05, 0.1) is 45.9 Å². The first-order valence-electron chi connectivity index (χ1n) is 27.8. The van der Waals surface area contributed by atoms with Crippen LogP contribution in [0.1, 0.15) is 164 Å². The number of hydrogen-bond acceptors (Lipinski definition) is 13. The standard InChI is InChI=1S/C58H81ClN10O7S/c1-37-31-47(71)51-50(37)54(63-35-62-51)67-27-29-68(30-28-67)56(75)45(41-20-22-43(59)23-21-41)33-60-26-24-48(72)61-25-14-12-10-8-7-9-11-13-15-49(73)66-53(58(4,5)6)57(76)69-34-44(70)32-46(69)55(74)65-38(2)40-16-18-42(19-17-40)52-39(3)64-36-77-52/h16-23,35-38,44-47,53,60,70-71H,7-15,24-34H2,1-6H3,(H,61,72)(H,65,74)(H,66,73)/t37-,38+,44-,45-,46+,47-,53-/m1/s1. The quantitative estimate of drug-likeness (QED) is 0.0355. The minimum Gasteiger partial charge on any atom is -0.391 e. The molecule has 4 aromatic rings. The summed E-state index contributed by atoms with van der Waals surface area (Å²) in [6.07, 6.45) is 9.08. The fourth-order valence-corrected chi connectivity index (χ4v) is 11.8. The third kappa shape index (κ3) is 16.1. The van der Waals surface area contributed by atoms with Gasteiger partial charge < -0.3 is 46.2 Å². The van der Waals surface area contributed by atoms with Crippen molar-refractivity contribution in [2.24, 2.45) is 5.41 Å². The van der Waals surface area contributed by atoms with E-state index in [-0.39, 0.29) is 54.5 Å². The summed E-state index contributed by atoms with van der Waals surface area (Å²) < 4.78 is 0. The zero-order valence-electron chi connectivity index (χ0n) is 45.9. The Labute approximate surface area is 463 Å². The molecule has 5 amide bonds. The summed E-state index contributed by atoms with van der Waals surface area (Å²) >= 11 is 7.79. The van der Waals surface area contributed by atoms with Crippen molar-refractivity contribution in [1.82, 2.24) is 46.0 Å². The molecule has 7 atom stereocenters. The third-order valence-corrected chi connectivity index (χ3v) is 16.6. The number of aromatic nitrogens is 3. The molecule has 0 saturated carbocycles. The molecule has 2 aromatic heterocycles. The van der Waals surface area contributed by atoms with Crippen LogP contribution in [-0.4, -0.2) is 135 Å². The second kappa shape index (κ2) is 27.9. The van der Waals surface area contributed by atoms with Crippen molar-refractivity contribution >= 4 is 58.3 Å². The number of anilines is 1. The molecule has 3 aliphatic rings. The molecule has 418 valence electrons. The minimum atomic E-state index is -0.868. The summed E-state index contributed by atoms with van der Waals surface area (Å²) in [5, 5.41) is 34.2. The molecule has 2 saturated heterocycles. The van der Waals surface area contributed by atoms with E-state index in [1.165, 1.54) is 11.2 Å². The van der Waals surface area contributed by atoms with E-state index in [1.54, 1.807) is 23.5 Å². The Kier molecular flexibility index (Phi) is 21.4. The number of β-amino-alcohol motifs (C(OH)–C–C–N with tert-alkyl or cyclic N) is 1. The number of piperazine rings is 1. The predicted molar refractivity (Wildman–Crippen MR) is 301 cm³/mol. The van der Waals surface area contributed by atoms with Gasteiger partial charge in [-0.05, 0) is 73.3 Å². The number of nitrogens with one attached hydrogen (secondary N) is 4. The van der Waals surface area contributed by atoms with Crippen LogP contribution in [0, 0.1) is 12.3 Å². The van der Waals surface area contributed by atoms with Gasteiger partial charge in [-0.25, -0.2) is 15.0 Å². The van der Waals surface area contributed by atoms with Gasteiger partial charge in [-0.2, -0.15) is 0 Å². The number of carbonyl (C=O) groups excluding carboxylic acids is 5. The van der Waals surface area contributed by atoms with Crippen molar-refractivity contribution in [2.75, 3.05) is 57.3 Å². The summed E-state index contributed by atoms with van der Waals surface area (Å²) in [5.74, 6) is -0.358. The number of nitrogens with zero attached hydrogens (tertiary/aromatic N) is 6. The maximum Gasteiger partial charge on any atom is 0.246 e. The van der Waals surface area contributed by atoms with E-state index in [0.717, 1.165) is 83.6 Å². The number of aliphatic hydroxyl groups is 2. The van der Waals surface area contributed by atoms with Crippen LogP contribution in [-0.2, 0) is 24.0 Å². The molecular weight excluding hydrogens is 1020 g/mol. The van der Waals surface area contributed by atoms with Gasteiger partial charge in [0, 0.05) is 82.2 Å². The molecule has 19 heteroatoms. The molecule has 4 heterocycles. The number of aryl methyl sites for hydroxylation is 1. The van der Waals surface area contributed by atoms with Crippen LogP contribution in [0.15, 0.2) is 60.4 Å². The maximum absolute atomic E-state index is 14.1. The zero-order chi connectivity index (χ0) is 55.2. The number of likely N-dealkylation sites (tertiary alicyclic amines) is 1. The van der Waals surface area contributed by atoms with Crippen molar-refractivity contribution in [3.8, 4) is 10.4 Å². The molecule has 6 N–H and O–H groups in total. The van der Waals surface area contributed by atoms with E-state index in [1.807, 2.05) is 81.4 Å². The summed E-state index contributed by atoms with van der Waals surface area (Å²) in [7, 11) is 0. The molecule has 1 aliphatic carbocycles. The van der Waals surface area contributed by atoms with Gasteiger partial charge in [-0.15, -0.1) is 11.3 Å². The molecule has 7 rings (SSSR count). The highest BCUT2D eigenvalue weighted by Crippen LogP contribution is 2.43. The van der Waals surface area contributed by atoms with Gasteiger partial charge in [-0.1, -0.05) is 114 Å². The number of rotatable bonds is 25. The second-order valence-electron chi connectivity index (χ2n) is 22.3. The number of carbonyl (C=O) groups is 5. The number of amides is 5. The molecule has 17 nitrogen and oxygen atoms in total. The Morgan fingerprint density at radius 2 is 1.44 bits per heavy atom. The molecule has 0 radical (unpaired) electrons. The van der Waals surface area contributed by atoms with Crippen molar-refractivity contribution in [2.45, 2.75) is 161 Å². The van der Waals surface area contributed by atoms with Crippen molar-refractivity contribution < 1.29 is 34.2 Å². The van der Waals surface area contributed by atoms with Gasteiger partial charge in [0.1, 0.15) is 24.2 Å². The average molecular weight is 1100 g/mol. The smallest absolute Gasteiger partial charge is 0.246 e. The fraction of sp³-hybridized carbons (Fsp3) is 0.586. The lowest BCUT2D eigenvalue weighted by atomic mass is 9.85. The van der Waals surface area contributed by atoms with Gasteiger partial charge >= 0.3 is 0 Å². The largest absolute Gasteiger partial charge is 0.391 e. The van der Waals surface area contributed by atoms with Crippen LogP contribution in [0.25, 0.3) is 10.4 Å². The number of fused-ring (bicyclic) bond motifs is 1. The van der Waals surface area contributed by atoms with E-state index in [0.29, 0.717) is 82.2 Å². The lowest BCUT2D eigenvalue weighted by Gasteiger charge is -2.38. The summed E-state index contributed by atoms with van der Waals surface area (Å²) in [6, 6.07) is 13.3. The Morgan fingerprint density at radius 1 is 0.779 bits per heavy atom. The monoisotopic (exact) mass is 1100 g/mol. The maximum atomic E-state index is 14.1. The summed E-state index contributed by atoms with van der Waals surface area (Å²) in [6.45, 7) is 15.4. The lowest BCUT2D eigenvalue weighted by Crippen LogP contribution is -2.57. The van der Waals surface area contributed by atoms with Gasteiger partial charge in [0.15, 0.2) is 0 Å². The first-order chi connectivity index (χ1) is 36.9. The van der Waals surface area contributed by atoms with E-state index in [2.05, 4.69) is 48.0 Å². The number of thiazole rings is 1. The van der Waals surface area contributed by atoms with Crippen molar-refractivity contribution in [3.05, 3.63) is 93.5 Å². The highest BCUT2D eigenvalue weighted by atomic mass is 35.5. The minimum absolute atomic E-state index is 0.0190. The van der Waals surface area contributed by atoms with Gasteiger partial charge in [0.2, 0.25) is 29.5 Å². The van der Waals surface area contributed by atoms with Crippen molar-refractivity contribution in [3.63, 3.8) is 0 Å². The fourth-order valence-electron chi connectivity index (χ4n) is 10.8. The van der Waals surface area contributed by atoms with E-state index < -0.39 is 35.6 Å². The van der Waals surface area contributed by atoms with Crippen LogP contribution in [0.2, 0.25) is 5.02 Å². The lowest BCUT2D eigenvalue weighted by molar-refractivity contribution is -0.144. The van der Waals surface area contributed by atoms with Gasteiger partial charge in [-0.3, -0.25) is 24.0 Å². The highest BCUT2D eigenvalue weighted by Gasteiger charge is 2.45. The van der Waals surface area contributed by atoms with Gasteiger partial charge in [0.25, 0.3) is 0 Å². The second-order valence-corrected chi connectivity index (χ2v) is 23.6. The number of unbranched alkanes of at least 4 members (excludes halogenated alkanes) is 7. The predicted octanol–water partition coefficient (Wildman–Crippen LogP) is 7.51. The molecular formula is C58H81ClN10O7S. The van der Waals surface area contributed by atoms with Crippen LogP contribution in [0.5, 0.6) is 0 Å². The molecule has 2 aliphatic heterocycles. The third-order valence-electron chi connectivity index (χ3n) is 15.3. The number of halogens is 1. The Bertz CT molecular complexity index is 2600. The van der Waals surface area contributed by atoms with Crippen molar-refractivity contribution in [1.29, 1.82) is 0 Å². The van der Waals surface area contributed by atoms with Crippen LogP contribution in [0.3, 0.4) is 0 Å². The first kappa shape index (κ1) is 59.1. The topological polar surface area (TPSA) is 222 Å². The summed E-state index contributed by atoms with van der Waals surface area (Å²) in [5.41, 5.74) is 6.71. The molecule has 0 bridgehead atoms. The Balaban J connectivity index is 0.740. The zero-order valence-corrected chi connectivity index (χ0v) is 47.4. The Hall–Kier alpha value is -5.53. The molecule has 2 fully saturated rings. The van der Waals surface area contributed by atoms with Crippen LogP contribution >= 0.6 is 22.9 Å². The number of aliphatic hydroxyl groups excluding tert-OH is 2. The molecule has 0 spiro atoms. The molecule has 77 heavy (non-hydrogen) atoms. The van der Waals surface area contributed by atoms with E-state index in [9.17, 15) is 34.2 Å². The highest BCUT2D eigenvalue weighted by molar-refractivity contribution is 7.13. The van der Waals surface area contributed by atoms with E-state index in [4.69, 9.17) is 11.6 Å². The van der Waals surface area contributed by atoms with Crippen LogP contribution in [0.4, 0.5) is 5.82 Å². The van der Waals surface area contributed by atoms with E-state index >= 15 is 0 Å². The normalized spacial score (nSPS) is 19.6. The SMILES string of the molecule is Cc1ncsc1-c1ccc([C@H](C)NC(=O)[C@@H]2C[C@@H](O)CN2C(=O)[C@@H](NC(=O)CCCCCCCCCCNC(=O)CCNC[C@@H](C(=O)N2CCN(c3ncnc4c3[C@H](C)C[C@H]4O)CC2)c2ccc(Cl)cc2)C(C)(C)C)cc1. The summed E-state index contributed by atoms with van der Waals surface area (Å²) in [4.78, 5) is 87.7. The number of benzene rings is 2.